The van der Waals surface area contributed by atoms with Gasteiger partial charge in [-0.3, -0.25) is 14.9 Å². The fraction of sp³-hybridized carbons (Fsp3) is 0.400. The van der Waals surface area contributed by atoms with Gasteiger partial charge in [0.25, 0.3) is 5.69 Å². The number of non-ortho nitro benzene ring substituents is 1. The number of rotatable bonds is 8. The number of hydrogen-bond donors (Lipinski definition) is 2. The van der Waals surface area contributed by atoms with Crippen LogP contribution in [0.4, 0.5) is 5.69 Å². The summed E-state index contributed by atoms with van der Waals surface area (Å²) in [6.07, 6.45) is 0. The van der Waals surface area contributed by atoms with Gasteiger partial charge in [0, 0.05) is 41.1 Å². The minimum Gasteiger partial charge on any atom is -0.466 e. The summed E-state index contributed by atoms with van der Waals surface area (Å²) in [6.45, 7) is 6.44. The van der Waals surface area contributed by atoms with Crippen LogP contribution in [0.1, 0.15) is 39.2 Å². The van der Waals surface area contributed by atoms with Gasteiger partial charge in [-0.1, -0.05) is 12.1 Å². The Labute approximate surface area is 180 Å². The van der Waals surface area contributed by atoms with Crippen molar-refractivity contribution in [3.05, 3.63) is 62.5 Å². The summed E-state index contributed by atoms with van der Waals surface area (Å²) in [5, 5.41) is 14.2. The number of benzene rings is 1. The van der Waals surface area contributed by atoms with Crippen LogP contribution in [0.2, 0.25) is 0 Å². The smallest absolute Gasteiger partial charge is 0.336 e. The molecule has 0 aromatic heterocycles. The predicted molar refractivity (Wildman–Crippen MR) is 113 cm³/mol. The van der Waals surface area contributed by atoms with Gasteiger partial charge >= 0.3 is 5.97 Å². The average molecular weight is 452 g/mol. The van der Waals surface area contributed by atoms with E-state index in [1.807, 2.05) is 0 Å². The van der Waals surface area contributed by atoms with E-state index >= 15 is 0 Å². The number of nitrogens with zero attached hydrogens (tertiary/aromatic N) is 1. The molecular weight excluding hydrogens is 426 g/mol. The van der Waals surface area contributed by atoms with E-state index in [0.29, 0.717) is 17.0 Å². The first kappa shape index (κ1) is 24.2. The Hall–Kier alpha value is -3.05. The molecule has 1 aliphatic rings. The highest BCUT2D eigenvalue weighted by Gasteiger charge is 2.38. The van der Waals surface area contributed by atoms with Crippen LogP contribution in [0.25, 0.3) is 0 Å². The first-order valence-electron chi connectivity index (χ1n) is 9.42. The second-order valence-corrected chi connectivity index (χ2v) is 9.19. The summed E-state index contributed by atoms with van der Waals surface area (Å²) in [6, 6.07) is 5.12. The average Bonchev–Trinajstić information content (AvgIpc) is 2.65. The van der Waals surface area contributed by atoms with Crippen molar-refractivity contribution >= 4 is 27.5 Å². The topological polar surface area (TPSA) is 145 Å². The Balaban J connectivity index is 2.65. The van der Waals surface area contributed by atoms with E-state index in [0.717, 1.165) is 0 Å². The Morgan fingerprint density at radius 3 is 2.39 bits per heavy atom. The van der Waals surface area contributed by atoms with E-state index in [1.165, 1.54) is 25.3 Å². The van der Waals surface area contributed by atoms with Crippen molar-refractivity contribution in [2.45, 2.75) is 39.7 Å². The lowest BCUT2D eigenvalue weighted by Crippen LogP contribution is -2.38. The molecule has 11 heteroatoms. The quantitative estimate of drug-likeness (QED) is 0.346. The number of ketones is 1. The molecule has 0 fully saturated rings. The number of nitro benzene ring substituents is 1. The monoisotopic (exact) mass is 451 g/mol. The SMILES string of the molecule is COC(=O)C1=C(C)NC(C)=C(C(=O)CS(=O)(=O)NC(C)C)C1c1cccc([N+](=O)[O-])c1. The van der Waals surface area contributed by atoms with Gasteiger partial charge in [-0.2, -0.15) is 0 Å². The fourth-order valence-corrected chi connectivity index (χ4v) is 4.85. The zero-order chi connectivity index (χ0) is 23.5. The third-order valence-corrected chi connectivity index (χ3v) is 6.09. The zero-order valence-electron chi connectivity index (χ0n) is 17.9. The molecule has 1 atom stereocenters. The number of allylic oxidation sites excluding steroid dienone is 3. The number of nitro groups is 1. The molecule has 1 unspecified atom stereocenters. The van der Waals surface area contributed by atoms with Gasteiger partial charge in [0.15, 0.2) is 5.78 Å². The third-order valence-electron chi connectivity index (χ3n) is 4.62. The van der Waals surface area contributed by atoms with Crippen LogP contribution in [0.5, 0.6) is 0 Å². The van der Waals surface area contributed by atoms with Gasteiger partial charge in [-0.05, 0) is 33.3 Å². The first-order valence-corrected chi connectivity index (χ1v) is 11.1. The molecule has 2 N–H and O–H groups in total. The van der Waals surface area contributed by atoms with Crippen molar-refractivity contribution in [2.75, 3.05) is 12.9 Å². The number of esters is 1. The van der Waals surface area contributed by atoms with Crippen LogP contribution in [0.3, 0.4) is 0 Å². The summed E-state index contributed by atoms with van der Waals surface area (Å²) < 4.78 is 31.9. The molecule has 0 spiro atoms. The maximum Gasteiger partial charge on any atom is 0.336 e. The molecule has 2 rings (SSSR count). The van der Waals surface area contributed by atoms with Crippen molar-refractivity contribution in [1.82, 2.24) is 10.0 Å². The molecule has 0 radical (unpaired) electrons. The first-order chi connectivity index (χ1) is 14.4. The van der Waals surface area contributed by atoms with Crippen molar-refractivity contribution in [2.24, 2.45) is 0 Å². The molecule has 10 nitrogen and oxygen atoms in total. The highest BCUT2D eigenvalue weighted by Crippen LogP contribution is 2.40. The summed E-state index contributed by atoms with van der Waals surface area (Å²) >= 11 is 0. The Morgan fingerprint density at radius 1 is 1.23 bits per heavy atom. The van der Waals surface area contributed by atoms with E-state index in [1.54, 1.807) is 33.8 Å². The number of Topliss-reactive ketones (excluding diaryl/α,β-unsaturated/α-hetero) is 1. The summed E-state index contributed by atoms with van der Waals surface area (Å²) in [5.41, 5.74) is 0.933. The second-order valence-electron chi connectivity index (χ2n) is 7.43. The number of nitrogens with one attached hydrogen (secondary N) is 2. The molecule has 1 heterocycles. The molecular formula is C20H25N3O7S. The Morgan fingerprint density at radius 2 is 1.84 bits per heavy atom. The lowest BCUT2D eigenvalue weighted by atomic mass is 9.79. The second kappa shape index (κ2) is 9.40. The molecule has 0 bridgehead atoms. The van der Waals surface area contributed by atoms with Crippen LogP contribution in [0, 0.1) is 10.1 Å². The minimum atomic E-state index is -3.94. The number of sulfonamides is 1. The summed E-state index contributed by atoms with van der Waals surface area (Å²) in [4.78, 5) is 36.4. The van der Waals surface area contributed by atoms with Crippen LogP contribution in [-0.2, 0) is 24.3 Å². The van der Waals surface area contributed by atoms with E-state index in [-0.39, 0.29) is 16.8 Å². The van der Waals surface area contributed by atoms with E-state index in [9.17, 15) is 28.1 Å². The van der Waals surface area contributed by atoms with Gasteiger partial charge in [0.1, 0.15) is 5.75 Å². The molecule has 1 aliphatic heterocycles. The van der Waals surface area contributed by atoms with Gasteiger partial charge < -0.3 is 10.1 Å². The molecule has 168 valence electrons. The standard InChI is InChI=1S/C20H25N3O7S/c1-11(2)22-31(28,29)10-16(24)17-12(3)21-13(4)18(20(25)30-5)19(17)14-7-6-8-15(9-14)23(26)27/h6-9,11,19,21-22H,10H2,1-5H3. The van der Waals surface area contributed by atoms with Crippen molar-refractivity contribution in [1.29, 1.82) is 0 Å². The molecule has 31 heavy (non-hydrogen) atoms. The van der Waals surface area contributed by atoms with Gasteiger partial charge in [-0.15, -0.1) is 0 Å². The van der Waals surface area contributed by atoms with E-state index < -0.39 is 44.4 Å². The molecule has 0 aliphatic carbocycles. The fourth-order valence-electron chi connectivity index (χ4n) is 3.55. The predicted octanol–water partition coefficient (Wildman–Crippen LogP) is 1.90. The third kappa shape index (κ3) is 5.56. The number of ether oxygens (including phenoxy) is 1. The van der Waals surface area contributed by atoms with Crippen LogP contribution >= 0.6 is 0 Å². The zero-order valence-corrected chi connectivity index (χ0v) is 18.7. The molecule has 1 aromatic rings. The molecule has 0 amide bonds. The number of carbonyl (C=O) groups excluding carboxylic acids is 2. The highest BCUT2D eigenvalue weighted by atomic mass is 32.2. The van der Waals surface area contributed by atoms with E-state index in [4.69, 9.17) is 4.74 Å². The van der Waals surface area contributed by atoms with Gasteiger partial charge in [0.05, 0.1) is 17.6 Å². The maximum absolute atomic E-state index is 13.1. The van der Waals surface area contributed by atoms with E-state index in [2.05, 4.69) is 10.0 Å². The number of hydrogen-bond acceptors (Lipinski definition) is 8. The molecule has 0 saturated heterocycles. The van der Waals surface area contributed by atoms with Crippen LogP contribution in [0.15, 0.2) is 46.8 Å². The van der Waals surface area contributed by atoms with Crippen molar-refractivity contribution < 1.29 is 27.7 Å². The Bertz CT molecular complexity index is 1090. The molecule has 0 saturated carbocycles. The van der Waals surface area contributed by atoms with Crippen LogP contribution < -0.4 is 10.0 Å². The van der Waals surface area contributed by atoms with Gasteiger partial charge in [-0.25, -0.2) is 17.9 Å². The normalized spacial score (nSPS) is 16.9. The number of carbonyl (C=O) groups is 2. The number of dihydropyridines is 1. The minimum absolute atomic E-state index is 0.0284. The molecule has 1 aromatic carbocycles. The van der Waals surface area contributed by atoms with Crippen molar-refractivity contribution in [3.63, 3.8) is 0 Å². The van der Waals surface area contributed by atoms with Crippen LogP contribution in [-0.4, -0.2) is 44.0 Å². The summed E-state index contributed by atoms with van der Waals surface area (Å²) in [5.74, 6) is -3.33. The van der Waals surface area contributed by atoms with Gasteiger partial charge in [0.2, 0.25) is 10.0 Å². The largest absolute Gasteiger partial charge is 0.466 e. The lowest BCUT2D eigenvalue weighted by molar-refractivity contribution is -0.384. The lowest BCUT2D eigenvalue weighted by Gasteiger charge is -2.30. The maximum atomic E-state index is 13.1. The summed E-state index contributed by atoms with van der Waals surface area (Å²) in [7, 11) is -2.76. The highest BCUT2D eigenvalue weighted by molar-refractivity contribution is 7.90. The Kier molecular flexibility index (Phi) is 7.34. The van der Waals surface area contributed by atoms with Crippen molar-refractivity contribution in [3.8, 4) is 0 Å². The number of methoxy groups -OCH3 is 1.